The maximum atomic E-state index is 11.8. The van der Waals surface area contributed by atoms with Gasteiger partial charge < -0.3 is 15.5 Å². The second kappa shape index (κ2) is 10.00. The molecule has 0 aliphatic carbocycles. The zero-order valence-corrected chi connectivity index (χ0v) is 12.0. The summed E-state index contributed by atoms with van der Waals surface area (Å²) in [5, 5.41) is 19.8. The monoisotopic (exact) mass is 285 g/mol. The number of carboxylic acids is 2. The van der Waals surface area contributed by atoms with Crippen LogP contribution >= 0.6 is 0 Å². The highest BCUT2D eigenvalue weighted by molar-refractivity contribution is 5.95. The van der Waals surface area contributed by atoms with Crippen molar-refractivity contribution >= 4 is 17.8 Å². The summed E-state index contributed by atoms with van der Waals surface area (Å²) >= 11 is 0. The van der Waals surface area contributed by atoms with Gasteiger partial charge in [-0.25, -0.2) is 4.79 Å². The van der Waals surface area contributed by atoms with E-state index in [-0.39, 0.29) is 12.8 Å². The lowest BCUT2D eigenvalue weighted by Gasteiger charge is -2.13. The maximum absolute atomic E-state index is 11.8. The number of amides is 1. The second-order valence-electron chi connectivity index (χ2n) is 4.68. The quantitative estimate of drug-likeness (QED) is 0.420. The third-order valence-electron chi connectivity index (χ3n) is 2.87. The van der Waals surface area contributed by atoms with Gasteiger partial charge in [-0.3, -0.25) is 9.59 Å². The lowest BCUT2D eigenvalue weighted by molar-refractivity contribution is -0.142. The van der Waals surface area contributed by atoms with Crippen LogP contribution in [0.15, 0.2) is 11.6 Å². The third kappa shape index (κ3) is 8.29. The average Bonchev–Trinajstić information content (AvgIpc) is 2.38. The SMILES string of the molecule is CCCCCC=C(C)C(=O)N[C@@H](CCC(=O)O)C(=O)O. The minimum Gasteiger partial charge on any atom is -0.481 e. The highest BCUT2D eigenvalue weighted by atomic mass is 16.4. The number of carboxylic acid groups (broad SMARTS) is 2. The largest absolute Gasteiger partial charge is 0.481 e. The molecule has 0 heterocycles. The molecular formula is C14H23NO5. The second-order valence-corrected chi connectivity index (χ2v) is 4.68. The first-order valence-electron chi connectivity index (χ1n) is 6.80. The van der Waals surface area contributed by atoms with Gasteiger partial charge in [-0.2, -0.15) is 0 Å². The first-order chi connectivity index (χ1) is 9.38. The molecule has 0 saturated carbocycles. The molecule has 0 aliphatic rings. The van der Waals surface area contributed by atoms with Crippen LogP contribution in [0, 0.1) is 0 Å². The normalized spacial score (nSPS) is 12.8. The van der Waals surface area contributed by atoms with Crippen LogP contribution in [0.1, 0.15) is 52.4 Å². The minimum atomic E-state index is -1.22. The summed E-state index contributed by atoms with van der Waals surface area (Å²) in [6, 6.07) is -1.17. The Morgan fingerprint density at radius 2 is 1.85 bits per heavy atom. The molecule has 0 bridgehead atoms. The van der Waals surface area contributed by atoms with E-state index < -0.39 is 23.9 Å². The van der Waals surface area contributed by atoms with Crippen molar-refractivity contribution in [2.75, 3.05) is 0 Å². The molecule has 0 aromatic carbocycles. The van der Waals surface area contributed by atoms with Crippen LogP contribution in [-0.4, -0.2) is 34.1 Å². The predicted octanol–water partition coefficient (Wildman–Crippen LogP) is 1.95. The number of unbranched alkanes of at least 4 members (excludes halogenated alkanes) is 3. The van der Waals surface area contributed by atoms with Gasteiger partial charge in [0, 0.05) is 12.0 Å². The Balaban J connectivity index is 4.36. The molecule has 3 N–H and O–H groups in total. The number of rotatable bonds is 10. The van der Waals surface area contributed by atoms with E-state index in [4.69, 9.17) is 10.2 Å². The van der Waals surface area contributed by atoms with Gasteiger partial charge in [0.2, 0.25) is 5.91 Å². The highest BCUT2D eigenvalue weighted by Gasteiger charge is 2.21. The van der Waals surface area contributed by atoms with Crippen LogP contribution in [0.25, 0.3) is 0 Å². The molecule has 20 heavy (non-hydrogen) atoms. The van der Waals surface area contributed by atoms with Crippen LogP contribution < -0.4 is 5.32 Å². The fourth-order valence-electron chi connectivity index (χ4n) is 1.60. The number of carbonyl (C=O) groups is 3. The number of carbonyl (C=O) groups excluding carboxylic acids is 1. The number of allylic oxidation sites excluding steroid dienone is 1. The van der Waals surface area contributed by atoms with Gasteiger partial charge in [-0.05, 0) is 26.2 Å². The zero-order valence-electron chi connectivity index (χ0n) is 12.0. The Kier molecular flexibility index (Phi) is 9.07. The molecule has 114 valence electrons. The van der Waals surface area contributed by atoms with Crippen molar-refractivity contribution in [2.45, 2.75) is 58.4 Å². The predicted molar refractivity (Wildman–Crippen MR) is 74.3 cm³/mol. The van der Waals surface area contributed by atoms with Gasteiger partial charge in [-0.15, -0.1) is 0 Å². The van der Waals surface area contributed by atoms with Crippen LogP contribution in [0.2, 0.25) is 0 Å². The van der Waals surface area contributed by atoms with Gasteiger partial charge in [0.05, 0.1) is 0 Å². The van der Waals surface area contributed by atoms with Gasteiger partial charge in [0.1, 0.15) is 6.04 Å². The highest BCUT2D eigenvalue weighted by Crippen LogP contribution is 2.05. The van der Waals surface area contributed by atoms with E-state index in [1.54, 1.807) is 13.0 Å². The van der Waals surface area contributed by atoms with Gasteiger partial charge >= 0.3 is 11.9 Å². The summed E-state index contributed by atoms with van der Waals surface area (Å²) in [6.45, 7) is 3.71. The van der Waals surface area contributed by atoms with Crippen molar-refractivity contribution in [1.29, 1.82) is 0 Å². The maximum Gasteiger partial charge on any atom is 0.326 e. The Bertz CT molecular complexity index is 376. The minimum absolute atomic E-state index is 0.125. The smallest absolute Gasteiger partial charge is 0.326 e. The van der Waals surface area contributed by atoms with Gasteiger partial charge in [-0.1, -0.05) is 25.8 Å². The summed E-state index contributed by atoms with van der Waals surface area (Å²) in [4.78, 5) is 33.2. The first-order valence-corrected chi connectivity index (χ1v) is 6.80. The topological polar surface area (TPSA) is 104 Å². The summed E-state index contributed by atoms with van der Waals surface area (Å²) in [7, 11) is 0. The van der Waals surface area contributed by atoms with E-state index in [9.17, 15) is 14.4 Å². The molecule has 6 heteroatoms. The fraction of sp³-hybridized carbons (Fsp3) is 0.643. The lowest BCUT2D eigenvalue weighted by Crippen LogP contribution is -2.41. The molecular weight excluding hydrogens is 262 g/mol. The van der Waals surface area contributed by atoms with E-state index >= 15 is 0 Å². The van der Waals surface area contributed by atoms with E-state index in [1.165, 1.54) is 0 Å². The number of hydrogen-bond acceptors (Lipinski definition) is 3. The van der Waals surface area contributed by atoms with Gasteiger partial charge in [0.15, 0.2) is 0 Å². The molecule has 0 radical (unpaired) electrons. The Morgan fingerprint density at radius 3 is 2.35 bits per heavy atom. The number of hydrogen-bond donors (Lipinski definition) is 3. The summed E-state index contributed by atoms with van der Waals surface area (Å²) in [6.07, 6.45) is 5.30. The summed E-state index contributed by atoms with van der Waals surface area (Å²) in [5.41, 5.74) is 0.461. The molecule has 6 nitrogen and oxygen atoms in total. The molecule has 0 unspecified atom stereocenters. The molecule has 1 amide bonds. The van der Waals surface area contributed by atoms with Crippen molar-refractivity contribution in [3.05, 3.63) is 11.6 Å². The van der Waals surface area contributed by atoms with Crippen molar-refractivity contribution in [3.8, 4) is 0 Å². The zero-order chi connectivity index (χ0) is 15.5. The van der Waals surface area contributed by atoms with Crippen molar-refractivity contribution in [2.24, 2.45) is 0 Å². The van der Waals surface area contributed by atoms with Crippen molar-refractivity contribution in [3.63, 3.8) is 0 Å². The van der Waals surface area contributed by atoms with E-state index in [0.717, 1.165) is 25.7 Å². The lowest BCUT2D eigenvalue weighted by atomic mass is 10.1. The fourth-order valence-corrected chi connectivity index (χ4v) is 1.60. The van der Waals surface area contributed by atoms with E-state index in [1.807, 2.05) is 0 Å². The van der Waals surface area contributed by atoms with Crippen molar-refractivity contribution < 1.29 is 24.6 Å². The molecule has 1 atom stereocenters. The first kappa shape index (κ1) is 18.1. The molecule has 0 aliphatic heterocycles. The Hall–Kier alpha value is -1.85. The van der Waals surface area contributed by atoms with Crippen LogP contribution in [0.4, 0.5) is 0 Å². The summed E-state index contributed by atoms with van der Waals surface area (Å²) in [5.74, 6) is -2.77. The average molecular weight is 285 g/mol. The molecule has 0 aromatic rings. The van der Waals surface area contributed by atoms with Crippen LogP contribution in [0.5, 0.6) is 0 Å². The molecule has 0 saturated heterocycles. The van der Waals surface area contributed by atoms with Crippen LogP contribution in [0.3, 0.4) is 0 Å². The third-order valence-corrected chi connectivity index (χ3v) is 2.87. The molecule has 0 aromatic heterocycles. The van der Waals surface area contributed by atoms with E-state index in [0.29, 0.717) is 5.57 Å². The van der Waals surface area contributed by atoms with Crippen molar-refractivity contribution in [1.82, 2.24) is 5.32 Å². The molecule has 0 spiro atoms. The van der Waals surface area contributed by atoms with E-state index in [2.05, 4.69) is 12.2 Å². The molecule has 0 rings (SSSR count). The van der Waals surface area contributed by atoms with Gasteiger partial charge in [0.25, 0.3) is 0 Å². The standard InChI is InChI=1S/C14H23NO5/c1-3-4-5-6-7-10(2)13(18)15-11(14(19)20)8-9-12(16)17/h7,11H,3-6,8-9H2,1-2H3,(H,15,18)(H,16,17)(H,19,20)/t11-/m0/s1. The summed E-state index contributed by atoms with van der Waals surface area (Å²) < 4.78 is 0. The Morgan fingerprint density at radius 1 is 1.20 bits per heavy atom. The Labute approximate surface area is 118 Å². The number of nitrogens with one attached hydrogen (secondary N) is 1. The molecule has 0 fully saturated rings. The van der Waals surface area contributed by atoms with Crippen LogP contribution in [-0.2, 0) is 14.4 Å². The number of aliphatic carboxylic acids is 2.